The quantitative estimate of drug-likeness (QED) is 0.835. The maximum atomic E-state index is 13.1. The Morgan fingerprint density at radius 1 is 1.13 bits per heavy atom. The lowest BCUT2D eigenvalue weighted by Crippen LogP contribution is -2.38. The third kappa shape index (κ3) is 3.04. The number of carbonyl (C=O) groups is 2. The normalized spacial score (nSPS) is 25.0. The average molecular weight is 407 g/mol. The van der Waals surface area contributed by atoms with Crippen LogP contribution in [0, 0.1) is 11.7 Å². The summed E-state index contributed by atoms with van der Waals surface area (Å²) in [6, 6.07) is 9.40. The lowest BCUT2D eigenvalue weighted by molar-refractivity contribution is 0.0929. The van der Waals surface area contributed by atoms with Crippen LogP contribution in [-0.2, 0) is 10.3 Å². The Labute approximate surface area is 173 Å². The van der Waals surface area contributed by atoms with E-state index >= 15 is 0 Å². The molecular weight excluding hydrogens is 385 g/mol. The first-order chi connectivity index (χ1) is 14.5. The zero-order valence-electron chi connectivity index (χ0n) is 16.4. The van der Waals surface area contributed by atoms with Crippen molar-refractivity contribution >= 4 is 17.7 Å². The fourth-order valence-corrected chi connectivity index (χ4v) is 4.38. The molecule has 2 amide bonds. The van der Waals surface area contributed by atoms with Crippen molar-refractivity contribution < 1.29 is 18.7 Å². The summed E-state index contributed by atoms with van der Waals surface area (Å²) < 4.78 is 18.7. The molecule has 6 rings (SSSR count). The van der Waals surface area contributed by atoms with E-state index in [4.69, 9.17) is 9.72 Å². The molecule has 2 heterocycles. The summed E-state index contributed by atoms with van der Waals surface area (Å²) in [6.45, 7) is 0.691. The van der Waals surface area contributed by atoms with Crippen LogP contribution in [0.5, 0.6) is 0 Å². The van der Waals surface area contributed by atoms with Gasteiger partial charge in [0, 0.05) is 18.0 Å². The van der Waals surface area contributed by atoms with Gasteiger partial charge in [0.1, 0.15) is 11.9 Å². The highest BCUT2D eigenvalue weighted by molar-refractivity contribution is 5.95. The number of carbonyl (C=O) groups excluding carboxylic acids is 2. The molecule has 3 aliphatic carbocycles. The predicted molar refractivity (Wildman–Crippen MR) is 107 cm³/mol. The fraction of sp³-hybridized carbons (Fsp3) is 0.435. The molecule has 0 unspecified atom stereocenters. The molecule has 0 radical (unpaired) electrons. The molecule has 30 heavy (non-hydrogen) atoms. The van der Waals surface area contributed by atoms with Crippen LogP contribution in [0.3, 0.4) is 0 Å². The van der Waals surface area contributed by atoms with E-state index in [0.29, 0.717) is 23.9 Å². The number of aromatic nitrogens is 1. The van der Waals surface area contributed by atoms with E-state index in [-0.39, 0.29) is 23.9 Å². The zero-order chi connectivity index (χ0) is 20.5. The first kappa shape index (κ1) is 17.9. The number of anilines is 1. The third-order valence-electron chi connectivity index (χ3n) is 6.60. The second-order valence-electron chi connectivity index (χ2n) is 8.94. The zero-order valence-corrected chi connectivity index (χ0v) is 16.4. The van der Waals surface area contributed by atoms with E-state index in [1.165, 1.54) is 24.3 Å². The van der Waals surface area contributed by atoms with Gasteiger partial charge in [-0.2, -0.15) is 0 Å². The van der Waals surface area contributed by atoms with Crippen LogP contribution in [0.25, 0.3) is 0 Å². The number of halogens is 1. The number of pyridine rings is 1. The Hall–Kier alpha value is -2.96. The largest absolute Gasteiger partial charge is 0.446 e. The Morgan fingerprint density at radius 2 is 1.90 bits per heavy atom. The van der Waals surface area contributed by atoms with E-state index in [1.807, 2.05) is 12.1 Å². The van der Waals surface area contributed by atoms with Crippen LogP contribution in [-0.4, -0.2) is 29.6 Å². The molecule has 1 aliphatic heterocycles. The third-order valence-corrected chi connectivity index (χ3v) is 6.60. The number of fused-ring (bicyclic) bond motifs is 3. The molecule has 0 bridgehead atoms. The molecule has 3 fully saturated rings. The number of nitrogens with one attached hydrogen (secondary N) is 1. The van der Waals surface area contributed by atoms with Crippen molar-refractivity contribution in [2.24, 2.45) is 5.92 Å². The molecule has 1 aromatic heterocycles. The first-order valence-electron chi connectivity index (χ1n) is 10.6. The van der Waals surface area contributed by atoms with Gasteiger partial charge in [-0.3, -0.25) is 14.7 Å². The topological polar surface area (TPSA) is 71.5 Å². The molecule has 1 aromatic carbocycles. The summed E-state index contributed by atoms with van der Waals surface area (Å²) >= 11 is 0. The van der Waals surface area contributed by atoms with Crippen LogP contribution in [0.15, 0.2) is 36.4 Å². The first-order valence-corrected chi connectivity index (χ1v) is 10.6. The standard InChI is InChI=1S/C23H22FN3O3/c24-15-3-1-13(2-4-15)21(28)26-23(9-10-23)19-8-7-18-20(25-19)17-11-14(17)12-27(18)22(29)30-16-5-6-16/h1-4,7-8,14,16-17H,5-6,9-12H2,(H,26,28)/t14-,17+/m1/s1. The minimum atomic E-state index is -0.484. The number of rotatable bonds is 4. The van der Waals surface area contributed by atoms with Crippen LogP contribution >= 0.6 is 0 Å². The lowest BCUT2D eigenvalue weighted by Gasteiger charge is -2.29. The minimum absolute atomic E-state index is 0.0708. The van der Waals surface area contributed by atoms with Gasteiger partial charge >= 0.3 is 6.09 Å². The average Bonchev–Trinajstić information content (AvgIpc) is 3.58. The molecule has 2 atom stereocenters. The van der Waals surface area contributed by atoms with Crippen molar-refractivity contribution in [1.82, 2.24) is 10.3 Å². The van der Waals surface area contributed by atoms with Crippen LogP contribution < -0.4 is 10.2 Å². The number of ether oxygens (including phenoxy) is 1. The summed E-state index contributed by atoms with van der Waals surface area (Å²) in [4.78, 5) is 31.9. The van der Waals surface area contributed by atoms with Gasteiger partial charge in [0.05, 0.1) is 22.6 Å². The van der Waals surface area contributed by atoms with Crippen molar-refractivity contribution in [3.63, 3.8) is 0 Å². The van der Waals surface area contributed by atoms with Gasteiger partial charge in [-0.05, 0) is 74.4 Å². The lowest BCUT2D eigenvalue weighted by atomic mass is 10.0. The van der Waals surface area contributed by atoms with Crippen molar-refractivity contribution in [3.8, 4) is 0 Å². The summed E-state index contributed by atoms with van der Waals surface area (Å²) in [5.41, 5.74) is 2.56. The van der Waals surface area contributed by atoms with Gasteiger partial charge in [-0.25, -0.2) is 9.18 Å². The van der Waals surface area contributed by atoms with Gasteiger partial charge in [0.2, 0.25) is 0 Å². The SMILES string of the molecule is O=C(NC1(c2ccc3c(n2)[C@H]2C[C@@H]2CN3C(=O)OC2CC2)CC1)c1ccc(F)cc1. The highest BCUT2D eigenvalue weighted by Crippen LogP contribution is 2.55. The Kier molecular flexibility index (Phi) is 3.73. The highest BCUT2D eigenvalue weighted by atomic mass is 19.1. The summed E-state index contributed by atoms with van der Waals surface area (Å²) in [5.74, 6) is 0.225. The Bertz CT molecular complexity index is 1050. The number of nitrogens with zero attached hydrogens (tertiary/aromatic N) is 2. The molecule has 6 nitrogen and oxygen atoms in total. The fourth-order valence-electron chi connectivity index (χ4n) is 4.38. The van der Waals surface area contributed by atoms with Crippen molar-refractivity contribution in [3.05, 3.63) is 59.2 Å². The van der Waals surface area contributed by atoms with Gasteiger partial charge in [-0.1, -0.05) is 0 Å². The number of hydrogen-bond donors (Lipinski definition) is 1. The molecule has 2 aromatic rings. The Morgan fingerprint density at radius 3 is 2.60 bits per heavy atom. The molecule has 1 N–H and O–H groups in total. The summed E-state index contributed by atoms with van der Waals surface area (Å²) in [5, 5.41) is 3.09. The molecule has 0 saturated heterocycles. The van der Waals surface area contributed by atoms with Gasteiger partial charge < -0.3 is 10.1 Å². The summed E-state index contributed by atoms with van der Waals surface area (Å²) in [7, 11) is 0. The highest BCUT2D eigenvalue weighted by Gasteiger charge is 2.51. The minimum Gasteiger partial charge on any atom is -0.446 e. The second kappa shape index (κ2) is 6.27. The Balaban J connectivity index is 1.26. The van der Waals surface area contributed by atoms with Gasteiger partial charge in [0.25, 0.3) is 5.91 Å². The van der Waals surface area contributed by atoms with Crippen molar-refractivity contribution in [2.45, 2.75) is 49.7 Å². The second-order valence-corrected chi connectivity index (χ2v) is 8.94. The summed E-state index contributed by atoms with van der Waals surface area (Å²) in [6.07, 6.45) is 4.36. The van der Waals surface area contributed by atoms with E-state index < -0.39 is 5.54 Å². The maximum Gasteiger partial charge on any atom is 0.414 e. The number of benzene rings is 1. The number of amides is 2. The molecule has 154 valence electrons. The predicted octanol–water partition coefficient (Wildman–Crippen LogP) is 3.86. The van der Waals surface area contributed by atoms with E-state index in [0.717, 1.165) is 49.2 Å². The van der Waals surface area contributed by atoms with E-state index in [1.54, 1.807) is 4.90 Å². The molecule has 7 heteroatoms. The van der Waals surface area contributed by atoms with Gasteiger partial charge in [0.15, 0.2) is 0 Å². The monoisotopic (exact) mass is 407 g/mol. The van der Waals surface area contributed by atoms with Gasteiger partial charge in [-0.15, -0.1) is 0 Å². The van der Waals surface area contributed by atoms with Crippen LogP contribution in [0.4, 0.5) is 14.9 Å². The maximum absolute atomic E-state index is 13.1. The van der Waals surface area contributed by atoms with E-state index in [2.05, 4.69) is 5.32 Å². The van der Waals surface area contributed by atoms with E-state index in [9.17, 15) is 14.0 Å². The van der Waals surface area contributed by atoms with Crippen LogP contribution in [0.1, 0.15) is 59.8 Å². The molecule has 0 spiro atoms. The molecular formula is C23H22FN3O3. The molecule has 4 aliphatic rings. The molecule has 3 saturated carbocycles. The van der Waals surface area contributed by atoms with Crippen LogP contribution in [0.2, 0.25) is 0 Å². The van der Waals surface area contributed by atoms with Crippen molar-refractivity contribution in [1.29, 1.82) is 0 Å². The van der Waals surface area contributed by atoms with Crippen molar-refractivity contribution in [2.75, 3.05) is 11.4 Å². The number of hydrogen-bond acceptors (Lipinski definition) is 4. The smallest absolute Gasteiger partial charge is 0.414 e.